The number of aryl methyl sites for hydroxylation is 1. The standard InChI is InChI=1S/C19H16Cl2F4N2/c20-14-7-6-13(19(23,24)25)18-16(14)12(3-1-2-8-26)17(27-18)11-5-4-10(22)9-15(11)21/h4-7,9,27H,1-3,8,26H2. The molecule has 8 heteroatoms. The molecule has 0 atom stereocenters. The topological polar surface area (TPSA) is 41.8 Å². The van der Waals surface area contributed by atoms with Crippen LogP contribution >= 0.6 is 23.2 Å². The predicted octanol–water partition coefficient (Wildman–Crippen LogP) is 6.58. The second-order valence-corrected chi connectivity index (χ2v) is 7.01. The number of aromatic amines is 1. The molecule has 3 aromatic rings. The molecule has 0 saturated carbocycles. The van der Waals surface area contributed by atoms with E-state index in [1.54, 1.807) is 0 Å². The average molecular weight is 419 g/mol. The van der Waals surface area contributed by atoms with Crippen molar-refractivity contribution >= 4 is 34.1 Å². The summed E-state index contributed by atoms with van der Waals surface area (Å²) in [5.74, 6) is -0.529. The number of unbranched alkanes of at least 4 members (excludes halogenated alkanes) is 1. The fourth-order valence-electron chi connectivity index (χ4n) is 3.18. The Labute approximate surface area is 163 Å². The normalized spacial score (nSPS) is 12.1. The van der Waals surface area contributed by atoms with Crippen molar-refractivity contribution in [2.24, 2.45) is 5.73 Å². The Kier molecular flexibility index (Phi) is 5.70. The number of halogens is 6. The van der Waals surface area contributed by atoms with Crippen molar-refractivity contribution in [1.29, 1.82) is 0 Å². The van der Waals surface area contributed by atoms with Gasteiger partial charge >= 0.3 is 6.18 Å². The Balaban J connectivity index is 2.31. The van der Waals surface area contributed by atoms with Crippen LogP contribution in [-0.2, 0) is 12.6 Å². The maximum Gasteiger partial charge on any atom is 0.418 e. The molecule has 2 aromatic carbocycles. The SMILES string of the molecule is NCCCCc1c(-c2ccc(F)cc2Cl)[nH]c2c(C(F)(F)F)ccc(Cl)c12. The van der Waals surface area contributed by atoms with Gasteiger partial charge in [0, 0.05) is 10.9 Å². The Morgan fingerprint density at radius 2 is 1.74 bits per heavy atom. The molecule has 0 radical (unpaired) electrons. The van der Waals surface area contributed by atoms with Gasteiger partial charge < -0.3 is 10.7 Å². The first-order valence-electron chi connectivity index (χ1n) is 8.29. The summed E-state index contributed by atoms with van der Waals surface area (Å²) in [4.78, 5) is 2.84. The minimum absolute atomic E-state index is 0.103. The van der Waals surface area contributed by atoms with Crippen LogP contribution in [0, 0.1) is 5.82 Å². The van der Waals surface area contributed by atoms with Gasteiger partial charge in [-0.2, -0.15) is 13.2 Å². The number of benzene rings is 2. The quantitative estimate of drug-likeness (QED) is 0.356. The molecular formula is C19H16Cl2F4N2. The van der Waals surface area contributed by atoms with Crippen LogP contribution in [0.4, 0.5) is 17.6 Å². The zero-order valence-corrected chi connectivity index (χ0v) is 15.6. The number of alkyl halides is 3. The Hall–Kier alpha value is -1.76. The van der Waals surface area contributed by atoms with E-state index in [-0.39, 0.29) is 15.6 Å². The fraction of sp³-hybridized carbons (Fsp3) is 0.263. The number of hydrogen-bond donors (Lipinski definition) is 2. The molecule has 0 aliphatic carbocycles. The monoisotopic (exact) mass is 418 g/mol. The molecule has 27 heavy (non-hydrogen) atoms. The molecule has 1 heterocycles. The lowest BCUT2D eigenvalue weighted by molar-refractivity contribution is -0.136. The van der Waals surface area contributed by atoms with Gasteiger partial charge in [0.25, 0.3) is 0 Å². The summed E-state index contributed by atoms with van der Waals surface area (Å²) in [5, 5.41) is 0.617. The van der Waals surface area contributed by atoms with Gasteiger partial charge in [-0.25, -0.2) is 4.39 Å². The first-order chi connectivity index (χ1) is 12.7. The maximum absolute atomic E-state index is 13.5. The largest absolute Gasteiger partial charge is 0.418 e. The van der Waals surface area contributed by atoms with E-state index in [9.17, 15) is 17.6 Å². The van der Waals surface area contributed by atoms with Gasteiger partial charge in [-0.05, 0) is 61.7 Å². The molecule has 0 bridgehead atoms. The molecule has 0 unspecified atom stereocenters. The highest BCUT2D eigenvalue weighted by Crippen LogP contribution is 2.43. The minimum Gasteiger partial charge on any atom is -0.354 e. The summed E-state index contributed by atoms with van der Waals surface area (Å²) in [6.45, 7) is 0.469. The molecule has 0 saturated heterocycles. The van der Waals surface area contributed by atoms with E-state index >= 15 is 0 Å². The van der Waals surface area contributed by atoms with Crippen molar-refractivity contribution in [3.05, 3.63) is 57.3 Å². The highest BCUT2D eigenvalue weighted by atomic mass is 35.5. The Bertz CT molecular complexity index is 980. The summed E-state index contributed by atoms with van der Waals surface area (Å²) in [5.41, 5.74) is 6.06. The molecule has 0 fully saturated rings. The third-order valence-electron chi connectivity index (χ3n) is 4.39. The number of nitrogens with two attached hydrogens (primary N) is 1. The summed E-state index contributed by atoms with van der Waals surface area (Å²) in [6, 6.07) is 5.96. The van der Waals surface area contributed by atoms with Gasteiger partial charge in [0.15, 0.2) is 0 Å². The van der Waals surface area contributed by atoms with Crippen molar-refractivity contribution < 1.29 is 17.6 Å². The van der Waals surface area contributed by atoms with Crippen LogP contribution in [0.2, 0.25) is 10.0 Å². The van der Waals surface area contributed by atoms with Crippen molar-refractivity contribution in [2.45, 2.75) is 25.4 Å². The Morgan fingerprint density at radius 3 is 2.37 bits per heavy atom. The average Bonchev–Trinajstić information content (AvgIpc) is 2.94. The highest BCUT2D eigenvalue weighted by Gasteiger charge is 2.34. The van der Waals surface area contributed by atoms with Gasteiger partial charge in [0.05, 0.1) is 26.8 Å². The van der Waals surface area contributed by atoms with Gasteiger partial charge in [0.1, 0.15) is 5.82 Å². The van der Waals surface area contributed by atoms with E-state index < -0.39 is 17.6 Å². The van der Waals surface area contributed by atoms with Gasteiger partial charge in [0.2, 0.25) is 0 Å². The number of rotatable bonds is 5. The molecule has 3 rings (SSSR count). The van der Waals surface area contributed by atoms with E-state index in [4.69, 9.17) is 28.9 Å². The van der Waals surface area contributed by atoms with Crippen LogP contribution in [-0.4, -0.2) is 11.5 Å². The van der Waals surface area contributed by atoms with Crippen LogP contribution in [0.15, 0.2) is 30.3 Å². The van der Waals surface area contributed by atoms with Crippen molar-refractivity contribution in [3.8, 4) is 11.3 Å². The van der Waals surface area contributed by atoms with E-state index in [1.807, 2.05) is 0 Å². The van der Waals surface area contributed by atoms with E-state index in [1.165, 1.54) is 18.2 Å². The first-order valence-corrected chi connectivity index (χ1v) is 9.05. The van der Waals surface area contributed by atoms with Crippen LogP contribution in [0.1, 0.15) is 24.0 Å². The second-order valence-electron chi connectivity index (χ2n) is 6.19. The second kappa shape index (κ2) is 7.70. The molecule has 3 N–H and O–H groups in total. The number of H-pyrrole nitrogens is 1. The maximum atomic E-state index is 13.5. The van der Waals surface area contributed by atoms with Gasteiger partial charge in [-0.1, -0.05) is 23.2 Å². The minimum atomic E-state index is -4.55. The lowest BCUT2D eigenvalue weighted by Crippen LogP contribution is -2.05. The molecule has 144 valence electrons. The molecular weight excluding hydrogens is 403 g/mol. The molecule has 0 amide bonds. The number of fused-ring (bicyclic) bond motifs is 1. The lowest BCUT2D eigenvalue weighted by Gasteiger charge is -2.09. The van der Waals surface area contributed by atoms with Crippen molar-refractivity contribution in [3.63, 3.8) is 0 Å². The number of nitrogens with one attached hydrogen (secondary N) is 1. The van der Waals surface area contributed by atoms with Crippen molar-refractivity contribution in [2.75, 3.05) is 6.54 Å². The van der Waals surface area contributed by atoms with E-state index in [0.29, 0.717) is 48.0 Å². The van der Waals surface area contributed by atoms with Gasteiger partial charge in [-0.3, -0.25) is 0 Å². The molecule has 1 aromatic heterocycles. The summed E-state index contributed by atoms with van der Waals surface area (Å²) in [6.07, 6.45) is -2.71. The molecule has 0 spiro atoms. The Morgan fingerprint density at radius 1 is 1.00 bits per heavy atom. The predicted molar refractivity (Wildman–Crippen MR) is 101 cm³/mol. The zero-order chi connectivity index (χ0) is 19.8. The summed E-state index contributed by atoms with van der Waals surface area (Å²) >= 11 is 12.4. The summed E-state index contributed by atoms with van der Waals surface area (Å²) < 4.78 is 53.9. The van der Waals surface area contributed by atoms with Crippen LogP contribution in [0.25, 0.3) is 22.2 Å². The van der Waals surface area contributed by atoms with E-state index in [2.05, 4.69) is 4.98 Å². The highest BCUT2D eigenvalue weighted by molar-refractivity contribution is 6.36. The van der Waals surface area contributed by atoms with Gasteiger partial charge in [-0.15, -0.1) is 0 Å². The van der Waals surface area contributed by atoms with Crippen LogP contribution < -0.4 is 5.73 Å². The molecule has 0 aliphatic heterocycles. The zero-order valence-electron chi connectivity index (χ0n) is 14.1. The van der Waals surface area contributed by atoms with E-state index in [0.717, 1.165) is 12.1 Å². The van der Waals surface area contributed by atoms with Crippen LogP contribution in [0.5, 0.6) is 0 Å². The third-order valence-corrected chi connectivity index (χ3v) is 5.02. The molecule has 2 nitrogen and oxygen atoms in total. The van der Waals surface area contributed by atoms with Crippen LogP contribution in [0.3, 0.4) is 0 Å². The van der Waals surface area contributed by atoms with Crippen molar-refractivity contribution in [1.82, 2.24) is 4.98 Å². The smallest absolute Gasteiger partial charge is 0.354 e. The first kappa shape index (κ1) is 20.0. The summed E-state index contributed by atoms with van der Waals surface area (Å²) in [7, 11) is 0. The molecule has 0 aliphatic rings. The fourth-order valence-corrected chi connectivity index (χ4v) is 3.72. The number of aromatic nitrogens is 1. The third kappa shape index (κ3) is 3.93. The lowest BCUT2D eigenvalue weighted by atomic mass is 9.99. The number of hydrogen-bond acceptors (Lipinski definition) is 1.